The molecule has 1 aromatic heterocycles. The van der Waals surface area contributed by atoms with Crippen molar-refractivity contribution in [2.75, 3.05) is 6.54 Å². The zero-order valence-corrected chi connectivity index (χ0v) is 18.1. The van der Waals surface area contributed by atoms with Crippen molar-refractivity contribution in [1.29, 1.82) is 0 Å². The number of carbonyl (C=O) groups is 1. The molecule has 0 unspecified atom stereocenters. The highest BCUT2D eigenvalue weighted by Gasteiger charge is 2.29. The Morgan fingerprint density at radius 3 is 2.85 bits per heavy atom. The number of halogens is 1. The van der Waals surface area contributed by atoms with Crippen LogP contribution in [0.2, 0.25) is 5.02 Å². The molecule has 1 amide bonds. The SMILES string of the molecule is CC[C@@H]1CCCCN1C(=O)[C@@H](C)Sc1nn(-c2ccc(Cl)cc2)c(=S)s1. The van der Waals surface area contributed by atoms with E-state index in [1.54, 1.807) is 4.68 Å². The van der Waals surface area contributed by atoms with E-state index in [9.17, 15) is 4.79 Å². The summed E-state index contributed by atoms with van der Waals surface area (Å²) in [5.74, 6) is 0.209. The Hall–Kier alpha value is -0.890. The van der Waals surface area contributed by atoms with E-state index in [-0.39, 0.29) is 11.2 Å². The van der Waals surface area contributed by atoms with Gasteiger partial charge in [-0.05, 0) is 69.1 Å². The monoisotopic (exact) mass is 427 g/mol. The molecule has 26 heavy (non-hydrogen) atoms. The van der Waals surface area contributed by atoms with Gasteiger partial charge < -0.3 is 4.90 Å². The van der Waals surface area contributed by atoms with Crippen LogP contribution in [-0.2, 0) is 4.79 Å². The second kappa shape index (κ2) is 8.87. The van der Waals surface area contributed by atoms with E-state index in [2.05, 4.69) is 16.9 Å². The molecule has 0 bridgehead atoms. The van der Waals surface area contributed by atoms with E-state index >= 15 is 0 Å². The van der Waals surface area contributed by atoms with E-state index in [4.69, 9.17) is 23.8 Å². The first-order chi connectivity index (χ1) is 12.5. The molecule has 2 aromatic rings. The smallest absolute Gasteiger partial charge is 0.236 e. The van der Waals surface area contributed by atoms with Crippen LogP contribution in [0.15, 0.2) is 28.6 Å². The minimum Gasteiger partial charge on any atom is -0.339 e. The molecule has 140 valence electrons. The minimum atomic E-state index is -0.165. The van der Waals surface area contributed by atoms with Crippen molar-refractivity contribution >= 4 is 52.8 Å². The van der Waals surface area contributed by atoms with Gasteiger partial charge in [-0.25, -0.2) is 4.68 Å². The maximum absolute atomic E-state index is 12.9. The number of hydrogen-bond donors (Lipinski definition) is 0. The molecule has 0 radical (unpaired) electrons. The highest BCUT2D eigenvalue weighted by molar-refractivity contribution is 8.02. The standard InChI is InChI=1S/C18H22ClN3OS3/c1-3-14-6-4-5-11-21(14)16(23)12(2)25-17-20-22(18(24)26-17)15-9-7-13(19)8-10-15/h7-10,12,14H,3-6,11H2,1-2H3/t12-,14-/m1/s1. The summed E-state index contributed by atoms with van der Waals surface area (Å²) in [7, 11) is 0. The van der Waals surface area contributed by atoms with Gasteiger partial charge in [0.25, 0.3) is 0 Å². The fourth-order valence-electron chi connectivity index (χ4n) is 3.20. The molecule has 1 saturated heterocycles. The molecular weight excluding hydrogens is 406 g/mol. The molecule has 0 N–H and O–H groups in total. The van der Waals surface area contributed by atoms with Crippen molar-refractivity contribution in [3.63, 3.8) is 0 Å². The minimum absolute atomic E-state index is 0.165. The molecule has 4 nitrogen and oxygen atoms in total. The van der Waals surface area contributed by atoms with Gasteiger partial charge in [-0.2, -0.15) is 0 Å². The summed E-state index contributed by atoms with van der Waals surface area (Å²) >= 11 is 14.3. The van der Waals surface area contributed by atoms with Gasteiger partial charge in [-0.3, -0.25) is 4.79 Å². The van der Waals surface area contributed by atoms with E-state index in [0.717, 1.165) is 35.8 Å². The Morgan fingerprint density at radius 2 is 2.15 bits per heavy atom. The Kier molecular flexibility index (Phi) is 6.77. The lowest BCUT2D eigenvalue weighted by Crippen LogP contribution is -2.46. The largest absolute Gasteiger partial charge is 0.339 e. The van der Waals surface area contributed by atoms with E-state index in [0.29, 0.717) is 15.0 Å². The van der Waals surface area contributed by atoms with Gasteiger partial charge in [-0.15, -0.1) is 5.10 Å². The Morgan fingerprint density at radius 1 is 1.42 bits per heavy atom. The number of nitrogens with zero attached hydrogens (tertiary/aromatic N) is 3. The molecule has 0 saturated carbocycles. The van der Waals surface area contributed by atoms with Gasteiger partial charge in [0, 0.05) is 17.6 Å². The number of thioether (sulfide) groups is 1. The molecular formula is C18H22ClN3OS3. The first-order valence-electron chi connectivity index (χ1n) is 8.83. The van der Waals surface area contributed by atoms with Crippen molar-refractivity contribution < 1.29 is 4.79 Å². The fourth-order valence-corrected chi connectivity index (χ4v) is 5.91. The Balaban J connectivity index is 1.72. The summed E-state index contributed by atoms with van der Waals surface area (Å²) in [5, 5.41) is 5.11. The Bertz CT molecular complexity index is 818. The van der Waals surface area contributed by atoms with Crippen molar-refractivity contribution in [2.45, 2.75) is 55.2 Å². The van der Waals surface area contributed by atoms with Gasteiger partial charge in [-0.1, -0.05) is 41.6 Å². The number of hydrogen-bond acceptors (Lipinski definition) is 5. The highest BCUT2D eigenvalue weighted by atomic mass is 35.5. The number of amides is 1. The first-order valence-corrected chi connectivity index (χ1v) is 11.3. The quantitative estimate of drug-likeness (QED) is 0.460. The molecule has 1 aliphatic heterocycles. The van der Waals surface area contributed by atoms with E-state index < -0.39 is 0 Å². The summed E-state index contributed by atoms with van der Waals surface area (Å²) in [6.45, 7) is 5.00. The first kappa shape index (κ1) is 19.9. The van der Waals surface area contributed by atoms with E-state index in [1.807, 2.05) is 31.2 Å². The van der Waals surface area contributed by atoms with Gasteiger partial charge in [0.1, 0.15) is 0 Å². The van der Waals surface area contributed by atoms with Crippen molar-refractivity contribution in [3.05, 3.63) is 33.2 Å². The lowest BCUT2D eigenvalue weighted by molar-refractivity contribution is -0.134. The third kappa shape index (κ3) is 4.50. The van der Waals surface area contributed by atoms with Crippen molar-refractivity contribution in [2.24, 2.45) is 0 Å². The van der Waals surface area contributed by atoms with Crippen LogP contribution in [0, 0.1) is 3.95 Å². The van der Waals surface area contributed by atoms with Crippen LogP contribution in [0.5, 0.6) is 0 Å². The second-order valence-electron chi connectivity index (χ2n) is 6.37. The second-order valence-corrected chi connectivity index (χ2v) is 10.0. The zero-order valence-electron chi connectivity index (χ0n) is 14.9. The number of benzene rings is 1. The molecule has 2 atom stereocenters. The average Bonchev–Trinajstić information content (AvgIpc) is 3.01. The molecule has 1 aliphatic rings. The number of likely N-dealkylation sites (tertiary alicyclic amines) is 1. The summed E-state index contributed by atoms with van der Waals surface area (Å²) in [6, 6.07) is 7.79. The normalized spacial score (nSPS) is 18.7. The predicted molar refractivity (Wildman–Crippen MR) is 112 cm³/mol. The van der Waals surface area contributed by atoms with Crippen LogP contribution < -0.4 is 0 Å². The van der Waals surface area contributed by atoms with Crippen LogP contribution in [0.4, 0.5) is 0 Å². The zero-order chi connectivity index (χ0) is 18.7. The van der Waals surface area contributed by atoms with Crippen molar-refractivity contribution in [1.82, 2.24) is 14.7 Å². The molecule has 1 aromatic carbocycles. The highest BCUT2D eigenvalue weighted by Crippen LogP contribution is 2.30. The van der Waals surface area contributed by atoms with Gasteiger partial charge in [0.05, 0.1) is 10.9 Å². The van der Waals surface area contributed by atoms with Crippen LogP contribution in [0.1, 0.15) is 39.5 Å². The summed E-state index contributed by atoms with van der Waals surface area (Å²) < 4.78 is 3.21. The van der Waals surface area contributed by atoms with Crippen LogP contribution >= 0.6 is 46.9 Å². The number of aromatic nitrogens is 2. The lowest BCUT2D eigenvalue weighted by Gasteiger charge is -2.36. The average molecular weight is 428 g/mol. The van der Waals surface area contributed by atoms with Crippen LogP contribution in [-0.4, -0.2) is 38.4 Å². The molecule has 0 aliphatic carbocycles. The van der Waals surface area contributed by atoms with Gasteiger partial charge in [0.15, 0.2) is 8.29 Å². The molecule has 1 fully saturated rings. The summed E-state index contributed by atoms with van der Waals surface area (Å²) in [5.41, 5.74) is 0.878. The van der Waals surface area contributed by atoms with Crippen LogP contribution in [0.3, 0.4) is 0 Å². The molecule has 8 heteroatoms. The molecule has 3 rings (SSSR count). The Labute approximate surface area is 172 Å². The van der Waals surface area contributed by atoms with Gasteiger partial charge in [0.2, 0.25) is 5.91 Å². The maximum atomic E-state index is 12.9. The number of rotatable bonds is 5. The predicted octanol–water partition coefficient (Wildman–Crippen LogP) is 5.59. The maximum Gasteiger partial charge on any atom is 0.236 e. The third-order valence-electron chi connectivity index (χ3n) is 4.61. The number of piperidine rings is 1. The van der Waals surface area contributed by atoms with Gasteiger partial charge >= 0.3 is 0 Å². The summed E-state index contributed by atoms with van der Waals surface area (Å²) in [6.07, 6.45) is 4.46. The van der Waals surface area contributed by atoms with E-state index in [1.165, 1.54) is 29.5 Å². The lowest BCUT2D eigenvalue weighted by atomic mass is 10.00. The summed E-state index contributed by atoms with van der Waals surface area (Å²) in [4.78, 5) is 15.0. The molecule has 2 heterocycles. The number of carbonyl (C=O) groups excluding carboxylic acids is 1. The van der Waals surface area contributed by atoms with Crippen molar-refractivity contribution in [3.8, 4) is 5.69 Å². The fraction of sp³-hybridized carbons (Fsp3) is 0.500. The topological polar surface area (TPSA) is 38.1 Å². The van der Waals surface area contributed by atoms with Crippen LogP contribution in [0.25, 0.3) is 5.69 Å². The molecule has 0 spiro atoms. The third-order valence-corrected chi connectivity index (χ3v) is 7.26.